The summed E-state index contributed by atoms with van der Waals surface area (Å²) in [6, 6.07) is 0. The van der Waals surface area contributed by atoms with Gasteiger partial charge in [0.1, 0.15) is 24.4 Å². The maximum Gasteiger partial charge on any atom is 0.114 e. The molecule has 4 atom stereocenters. The molecule has 0 unspecified atom stereocenters. The fourth-order valence-electron chi connectivity index (χ4n) is 2.19. The molecule has 1 heterocycles. The molecule has 0 bridgehead atoms. The monoisotopic (exact) mass is 288 g/mol. The van der Waals surface area contributed by atoms with E-state index < -0.39 is 24.4 Å². The average Bonchev–Trinajstić information content (AvgIpc) is 2.77. The standard InChI is InChI=1S/C15H28O5/c1-2-3-4-5-6-7-8-9-19-10-13(17)15-14(18)12(16)11-20-15/h3-4,12-18H,2,5-11H2,1H3/b4-3+/t12-,13+,14-,15-/m1/s1. The second-order valence-electron chi connectivity index (χ2n) is 5.23. The number of aliphatic hydroxyl groups is 3. The number of rotatable bonds is 10. The van der Waals surface area contributed by atoms with Crippen molar-refractivity contribution < 1.29 is 24.8 Å². The van der Waals surface area contributed by atoms with Gasteiger partial charge in [-0.05, 0) is 25.7 Å². The number of allylic oxidation sites excluding steroid dienone is 2. The van der Waals surface area contributed by atoms with Gasteiger partial charge in [-0.1, -0.05) is 25.5 Å². The third-order valence-corrected chi connectivity index (χ3v) is 3.42. The van der Waals surface area contributed by atoms with Crippen molar-refractivity contribution in [2.75, 3.05) is 19.8 Å². The molecule has 1 aliphatic heterocycles. The third kappa shape index (κ3) is 6.33. The Morgan fingerprint density at radius 1 is 1.25 bits per heavy atom. The van der Waals surface area contributed by atoms with E-state index in [4.69, 9.17) is 9.47 Å². The summed E-state index contributed by atoms with van der Waals surface area (Å²) in [5, 5.41) is 28.7. The Balaban J connectivity index is 1.97. The first-order valence-electron chi connectivity index (χ1n) is 7.55. The summed E-state index contributed by atoms with van der Waals surface area (Å²) < 4.78 is 10.5. The zero-order valence-corrected chi connectivity index (χ0v) is 12.3. The summed E-state index contributed by atoms with van der Waals surface area (Å²) in [5.74, 6) is 0. The summed E-state index contributed by atoms with van der Waals surface area (Å²) in [6.45, 7) is 2.91. The van der Waals surface area contributed by atoms with Crippen molar-refractivity contribution >= 4 is 0 Å². The second kappa shape index (κ2) is 10.3. The van der Waals surface area contributed by atoms with Gasteiger partial charge in [-0.25, -0.2) is 0 Å². The summed E-state index contributed by atoms with van der Waals surface area (Å²) in [4.78, 5) is 0. The summed E-state index contributed by atoms with van der Waals surface area (Å²) >= 11 is 0. The van der Waals surface area contributed by atoms with Gasteiger partial charge in [0, 0.05) is 6.61 Å². The molecule has 0 radical (unpaired) electrons. The van der Waals surface area contributed by atoms with Crippen LogP contribution in [-0.2, 0) is 9.47 Å². The van der Waals surface area contributed by atoms with Crippen molar-refractivity contribution in [2.24, 2.45) is 0 Å². The van der Waals surface area contributed by atoms with Crippen LogP contribution in [-0.4, -0.2) is 59.6 Å². The Kier molecular flexibility index (Phi) is 9.05. The molecule has 1 aliphatic rings. The number of aliphatic hydroxyl groups excluding tert-OH is 3. The molecule has 0 saturated carbocycles. The molecule has 118 valence electrons. The van der Waals surface area contributed by atoms with E-state index in [1.807, 2.05) is 0 Å². The minimum atomic E-state index is -1.03. The van der Waals surface area contributed by atoms with Crippen LogP contribution in [0.25, 0.3) is 0 Å². The summed E-state index contributed by atoms with van der Waals surface area (Å²) in [6.07, 6.45) is 6.21. The van der Waals surface area contributed by atoms with Crippen LogP contribution < -0.4 is 0 Å². The molecule has 5 heteroatoms. The van der Waals surface area contributed by atoms with E-state index in [2.05, 4.69) is 19.1 Å². The lowest BCUT2D eigenvalue weighted by molar-refractivity contribution is -0.0813. The summed E-state index contributed by atoms with van der Waals surface area (Å²) in [7, 11) is 0. The van der Waals surface area contributed by atoms with Crippen molar-refractivity contribution in [1.29, 1.82) is 0 Å². The van der Waals surface area contributed by atoms with Crippen molar-refractivity contribution in [3.05, 3.63) is 12.2 Å². The van der Waals surface area contributed by atoms with E-state index in [-0.39, 0.29) is 13.2 Å². The zero-order chi connectivity index (χ0) is 14.8. The van der Waals surface area contributed by atoms with Crippen LogP contribution >= 0.6 is 0 Å². The van der Waals surface area contributed by atoms with Crippen LogP contribution in [0.1, 0.15) is 39.0 Å². The SMILES string of the molecule is CC/C=C/CCCCCOC[C@H](O)[C@H]1OC[C@@H](O)[C@H]1O. The molecule has 1 rings (SSSR count). The Morgan fingerprint density at radius 2 is 2.05 bits per heavy atom. The zero-order valence-electron chi connectivity index (χ0n) is 12.3. The topological polar surface area (TPSA) is 79.2 Å². The maximum atomic E-state index is 9.81. The van der Waals surface area contributed by atoms with Crippen molar-refractivity contribution in [2.45, 2.75) is 63.4 Å². The lowest BCUT2D eigenvalue weighted by Crippen LogP contribution is -2.40. The fourth-order valence-corrected chi connectivity index (χ4v) is 2.19. The van der Waals surface area contributed by atoms with Crippen LogP contribution in [0.4, 0.5) is 0 Å². The highest BCUT2D eigenvalue weighted by atomic mass is 16.5. The summed E-state index contributed by atoms with van der Waals surface area (Å²) in [5.41, 5.74) is 0. The van der Waals surface area contributed by atoms with E-state index in [9.17, 15) is 15.3 Å². The second-order valence-corrected chi connectivity index (χ2v) is 5.23. The molecule has 1 fully saturated rings. The minimum absolute atomic E-state index is 0.0637. The van der Waals surface area contributed by atoms with Gasteiger partial charge in [0.15, 0.2) is 0 Å². The van der Waals surface area contributed by atoms with Gasteiger partial charge in [-0.3, -0.25) is 0 Å². The predicted octanol–water partition coefficient (Wildman–Crippen LogP) is 1.01. The molecular formula is C15H28O5. The number of unbranched alkanes of at least 4 members (excludes halogenated alkanes) is 3. The van der Waals surface area contributed by atoms with E-state index in [0.717, 1.165) is 32.1 Å². The fraction of sp³-hybridized carbons (Fsp3) is 0.867. The van der Waals surface area contributed by atoms with Crippen LogP contribution in [0.5, 0.6) is 0 Å². The van der Waals surface area contributed by atoms with Crippen LogP contribution in [0.3, 0.4) is 0 Å². The van der Waals surface area contributed by atoms with Gasteiger partial charge in [0.25, 0.3) is 0 Å². The Bertz CT molecular complexity index is 269. The molecule has 1 saturated heterocycles. The van der Waals surface area contributed by atoms with Crippen molar-refractivity contribution in [3.8, 4) is 0 Å². The van der Waals surface area contributed by atoms with Crippen molar-refractivity contribution in [3.63, 3.8) is 0 Å². The van der Waals surface area contributed by atoms with Gasteiger partial charge < -0.3 is 24.8 Å². The van der Waals surface area contributed by atoms with Crippen molar-refractivity contribution in [1.82, 2.24) is 0 Å². The number of ether oxygens (including phenoxy) is 2. The Labute approximate surface area is 121 Å². The minimum Gasteiger partial charge on any atom is -0.388 e. The molecule has 0 aromatic heterocycles. The molecule has 0 aromatic rings. The molecule has 0 aliphatic carbocycles. The molecule has 3 N–H and O–H groups in total. The normalized spacial score (nSPS) is 28.3. The predicted molar refractivity (Wildman–Crippen MR) is 76.5 cm³/mol. The Hall–Kier alpha value is -0.460. The van der Waals surface area contributed by atoms with E-state index in [1.165, 1.54) is 0 Å². The van der Waals surface area contributed by atoms with Gasteiger partial charge in [0.2, 0.25) is 0 Å². The average molecular weight is 288 g/mol. The van der Waals surface area contributed by atoms with E-state index in [0.29, 0.717) is 6.61 Å². The maximum absolute atomic E-state index is 9.81. The van der Waals surface area contributed by atoms with Gasteiger partial charge in [0.05, 0.1) is 13.2 Å². The van der Waals surface area contributed by atoms with Gasteiger partial charge in [-0.15, -0.1) is 0 Å². The molecule has 0 amide bonds. The first kappa shape index (κ1) is 17.6. The largest absolute Gasteiger partial charge is 0.388 e. The highest BCUT2D eigenvalue weighted by Gasteiger charge is 2.39. The van der Waals surface area contributed by atoms with Crippen LogP contribution in [0.2, 0.25) is 0 Å². The smallest absolute Gasteiger partial charge is 0.114 e. The highest BCUT2D eigenvalue weighted by Crippen LogP contribution is 2.17. The molecule has 0 aromatic carbocycles. The molecular weight excluding hydrogens is 260 g/mol. The van der Waals surface area contributed by atoms with Gasteiger partial charge >= 0.3 is 0 Å². The van der Waals surface area contributed by atoms with Gasteiger partial charge in [-0.2, -0.15) is 0 Å². The quantitative estimate of drug-likeness (QED) is 0.413. The lowest BCUT2D eigenvalue weighted by atomic mass is 10.1. The molecule has 20 heavy (non-hydrogen) atoms. The number of hydrogen-bond acceptors (Lipinski definition) is 5. The third-order valence-electron chi connectivity index (χ3n) is 3.42. The Morgan fingerprint density at radius 3 is 2.70 bits per heavy atom. The molecule has 5 nitrogen and oxygen atoms in total. The van der Waals surface area contributed by atoms with E-state index >= 15 is 0 Å². The number of hydrogen-bond donors (Lipinski definition) is 3. The first-order chi connectivity index (χ1) is 9.66. The molecule has 0 spiro atoms. The van der Waals surface area contributed by atoms with Crippen LogP contribution in [0, 0.1) is 0 Å². The highest BCUT2D eigenvalue weighted by molar-refractivity contribution is 4.87. The first-order valence-corrected chi connectivity index (χ1v) is 7.55. The van der Waals surface area contributed by atoms with E-state index in [1.54, 1.807) is 0 Å². The van der Waals surface area contributed by atoms with Crippen LogP contribution in [0.15, 0.2) is 12.2 Å². The lowest BCUT2D eigenvalue weighted by Gasteiger charge is -2.20.